The van der Waals surface area contributed by atoms with Crippen molar-refractivity contribution in [1.29, 1.82) is 0 Å². The van der Waals surface area contributed by atoms with E-state index in [0.717, 1.165) is 34.5 Å². The minimum Gasteiger partial charge on any atom is -0.345 e. The van der Waals surface area contributed by atoms with Crippen molar-refractivity contribution in [2.75, 3.05) is 11.4 Å². The zero-order valence-electron chi connectivity index (χ0n) is 13.2. The van der Waals surface area contributed by atoms with Gasteiger partial charge in [-0.3, -0.25) is 0 Å². The number of anilines is 1. The average molecular weight is 344 g/mol. The first-order valence-electron chi connectivity index (χ1n) is 7.77. The molecule has 0 saturated heterocycles. The van der Waals surface area contributed by atoms with E-state index in [1.165, 1.54) is 11.4 Å². The Balaban J connectivity index is 1.63. The fraction of sp³-hybridized carbons (Fsp3) is 0.278. The van der Waals surface area contributed by atoms with Crippen LogP contribution in [0.3, 0.4) is 0 Å². The Morgan fingerprint density at radius 1 is 1.13 bits per heavy atom. The van der Waals surface area contributed by atoms with Gasteiger partial charge in [0, 0.05) is 40.4 Å². The molecular formula is C18H18ClN3S. The molecule has 0 radical (unpaired) electrons. The van der Waals surface area contributed by atoms with Crippen LogP contribution in [0.2, 0.25) is 5.02 Å². The molecule has 2 aromatic heterocycles. The molecule has 1 aromatic carbocycles. The van der Waals surface area contributed by atoms with Crippen LogP contribution >= 0.6 is 22.9 Å². The zero-order chi connectivity index (χ0) is 16.0. The number of rotatable bonds is 2. The molecule has 1 atom stereocenters. The highest BCUT2D eigenvalue weighted by molar-refractivity contribution is 7.14. The van der Waals surface area contributed by atoms with Gasteiger partial charge in [0.15, 0.2) is 5.13 Å². The molecule has 0 spiro atoms. The number of benzene rings is 1. The summed E-state index contributed by atoms with van der Waals surface area (Å²) in [6.45, 7) is 6.45. The van der Waals surface area contributed by atoms with Crippen LogP contribution < -0.4 is 4.90 Å². The van der Waals surface area contributed by atoms with Crippen molar-refractivity contribution in [3.8, 4) is 11.3 Å². The average Bonchev–Trinajstić information content (AvgIpc) is 3.17. The predicted molar refractivity (Wildman–Crippen MR) is 97.5 cm³/mol. The molecule has 3 aromatic rings. The van der Waals surface area contributed by atoms with Gasteiger partial charge in [0.2, 0.25) is 0 Å². The molecule has 0 fully saturated rings. The minimum atomic E-state index is 0.349. The molecule has 118 valence electrons. The van der Waals surface area contributed by atoms with Crippen LogP contribution in [0.1, 0.15) is 24.4 Å². The molecule has 3 heterocycles. The van der Waals surface area contributed by atoms with Crippen molar-refractivity contribution in [2.45, 2.75) is 26.4 Å². The van der Waals surface area contributed by atoms with Crippen LogP contribution in [0.4, 0.5) is 5.13 Å². The van der Waals surface area contributed by atoms with E-state index in [4.69, 9.17) is 16.6 Å². The maximum atomic E-state index is 5.97. The van der Waals surface area contributed by atoms with E-state index >= 15 is 0 Å². The van der Waals surface area contributed by atoms with Gasteiger partial charge < -0.3 is 9.47 Å². The molecule has 0 aliphatic carbocycles. The van der Waals surface area contributed by atoms with Crippen molar-refractivity contribution in [2.24, 2.45) is 0 Å². The lowest BCUT2D eigenvalue weighted by molar-refractivity contribution is 0.502. The first-order chi connectivity index (χ1) is 11.1. The van der Waals surface area contributed by atoms with Crippen LogP contribution in [0, 0.1) is 6.92 Å². The van der Waals surface area contributed by atoms with Gasteiger partial charge >= 0.3 is 0 Å². The summed E-state index contributed by atoms with van der Waals surface area (Å²) in [7, 11) is 0. The highest BCUT2D eigenvalue weighted by Gasteiger charge is 2.26. The van der Waals surface area contributed by atoms with Crippen molar-refractivity contribution in [3.05, 3.63) is 58.2 Å². The molecule has 3 nitrogen and oxygen atoms in total. The lowest BCUT2D eigenvalue weighted by Gasteiger charge is -2.35. The molecule has 1 aliphatic heterocycles. The molecule has 4 rings (SSSR count). The number of nitrogens with zero attached hydrogens (tertiary/aromatic N) is 3. The molecular weight excluding hydrogens is 326 g/mol. The Bertz CT molecular complexity index is 834. The smallest absolute Gasteiger partial charge is 0.186 e. The van der Waals surface area contributed by atoms with E-state index in [1.54, 1.807) is 11.3 Å². The van der Waals surface area contributed by atoms with E-state index in [-0.39, 0.29) is 0 Å². The topological polar surface area (TPSA) is 21.1 Å². The van der Waals surface area contributed by atoms with Crippen LogP contribution in [0.5, 0.6) is 0 Å². The largest absolute Gasteiger partial charge is 0.345 e. The SMILES string of the molecule is Cc1ccc2n1CCN(c1nc(-c3ccc(Cl)cc3)cs1)[C@@H]2C. The summed E-state index contributed by atoms with van der Waals surface area (Å²) in [4.78, 5) is 7.26. The molecule has 0 bridgehead atoms. The van der Waals surface area contributed by atoms with Crippen LogP contribution in [0.25, 0.3) is 11.3 Å². The molecule has 1 aliphatic rings. The van der Waals surface area contributed by atoms with Crippen molar-refractivity contribution >= 4 is 28.1 Å². The van der Waals surface area contributed by atoms with Crippen molar-refractivity contribution in [3.63, 3.8) is 0 Å². The molecule has 5 heteroatoms. The number of hydrogen-bond donors (Lipinski definition) is 0. The van der Waals surface area contributed by atoms with Crippen molar-refractivity contribution in [1.82, 2.24) is 9.55 Å². The third-order valence-corrected chi connectivity index (χ3v) is 5.70. The quantitative estimate of drug-likeness (QED) is 0.641. The van der Waals surface area contributed by atoms with Gasteiger partial charge in [0.1, 0.15) is 0 Å². The minimum absolute atomic E-state index is 0.349. The Morgan fingerprint density at radius 3 is 2.70 bits per heavy atom. The van der Waals surface area contributed by atoms with Gasteiger partial charge in [-0.2, -0.15) is 0 Å². The Kier molecular flexibility index (Phi) is 3.66. The Morgan fingerprint density at radius 2 is 1.91 bits per heavy atom. The van der Waals surface area contributed by atoms with Crippen LogP contribution in [-0.2, 0) is 6.54 Å². The second-order valence-corrected chi connectivity index (χ2v) is 7.22. The summed E-state index contributed by atoms with van der Waals surface area (Å²) < 4.78 is 2.41. The lowest BCUT2D eigenvalue weighted by Crippen LogP contribution is -2.36. The monoisotopic (exact) mass is 343 g/mol. The number of aryl methyl sites for hydroxylation is 1. The predicted octanol–water partition coefficient (Wildman–Crippen LogP) is 5.15. The normalized spacial score (nSPS) is 17.3. The summed E-state index contributed by atoms with van der Waals surface area (Å²) >= 11 is 7.68. The van der Waals surface area contributed by atoms with E-state index < -0.39 is 0 Å². The van der Waals surface area contributed by atoms with E-state index in [9.17, 15) is 0 Å². The maximum Gasteiger partial charge on any atom is 0.186 e. The van der Waals surface area contributed by atoms with Crippen LogP contribution in [-0.4, -0.2) is 16.1 Å². The second-order valence-electron chi connectivity index (χ2n) is 5.94. The molecule has 0 N–H and O–H groups in total. The first-order valence-corrected chi connectivity index (χ1v) is 9.03. The van der Waals surface area contributed by atoms with Gasteiger partial charge in [-0.25, -0.2) is 4.98 Å². The number of halogens is 1. The lowest BCUT2D eigenvalue weighted by atomic mass is 10.1. The maximum absolute atomic E-state index is 5.97. The highest BCUT2D eigenvalue weighted by Crippen LogP contribution is 2.35. The fourth-order valence-electron chi connectivity index (χ4n) is 3.23. The number of thiazole rings is 1. The van der Waals surface area contributed by atoms with Crippen molar-refractivity contribution < 1.29 is 0 Å². The standard InChI is InChI=1S/C18H18ClN3S/c1-12-3-8-17-13(2)22(10-9-21(12)17)18-20-16(11-23-18)14-4-6-15(19)7-5-14/h3-8,11,13H,9-10H2,1-2H3/t13-/m1/s1. The van der Waals surface area contributed by atoms with Gasteiger partial charge in [-0.1, -0.05) is 23.7 Å². The molecule has 0 unspecified atom stereocenters. The van der Waals surface area contributed by atoms with Crippen LogP contribution in [0.15, 0.2) is 41.8 Å². The van der Waals surface area contributed by atoms with Gasteiger partial charge in [0.25, 0.3) is 0 Å². The summed E-state index contributed by atoms with van der Waals surface area (Å²) in [5.41, 5.74) is 4.84. The van der Waals surface area contributed by atoms with E-state index in [0.29, 0.717) is 6.04 Å². The summed E-state index contributed by atoms with van der Waals surface area (Å²) in [6, 6.07) is 12.7. The van der Waals surface area contributed by atoms with E-state index in [1.807, 2.05) is 24.3 Å². The summed E-state index contributed by atoms with van der Waals surface area (Å²) in [6.07, 6.45) is 0. The number of fused-ring (bicyclic) bond motifs is 1. The van der Waals surface area contributed by atoms with Gasteiger partial charge in [-0.05, 0) is 38.1 Å². The second kappa shape index (κ2) is 5.69. The van der Waals surface area contributed by atoms with E-state index in [2.05, 4.69) is 40.8 Å². The zero-order valence-corrected chi connectivity index (χ0v) is 14.7. The summed E-state index contributed by atoms with van der Waals surface area (Å²) in [5, 5.41) is 3.97. The first kappa shape index (κ1) is 14.8. The molecule has 23 heavy (non-hydrogen) atoms. The summed E-state index contributed by atoms with van der Waals surface area (Å²) in [5.74, 6) is 0. The Labute approximate surface area is 145 Å². The number of aromatic nitrogens is 2. The van der Waals surface area contributed by atoms with Gasteiger partial charge in [0.05, 0.1) is 11.7 Å². The molecule has 0 saturated carbocycles. The fourth-order valence-corrected chi connectivity index (χ4v) is 4.30. The number of hydrogen-bond acceptors (Lipinski definition) is 3. The van der Waals surface area contributed by atoms with Gasteiger partial charge in [-0.15, -0.1) is 11.3 Å². The third kappa shape index (κ3) is 2.56. The highest BCUT2D eigenvalue weighted by atomic mass is 35.5. The Hall–Kier alpha value is -1.78. The molecule has 0 amide bonds. The third-order valence-electron chi connectivity index (χ3n) is 4.57.